The Bertz CT molecular complexity index is 1120. The van der Waals surface area contributed by atoms with Gasteiger partial charge in [-0.25, -0.2) is 4.57 Å². The number of phosphoric ester groups is 1. The van der Waals surface area contributed by atoms with E-state index < -0.39 is 51.8 Å². The van der Waals surface area contributed by atoms with Gasteiger partial charge in [0.2, 0.25) is 0 Å². The lowest BCUT2D eigenvalue weighted by molar-refractivity contribution is -0.161. The average molecular weight is 855 g/mol. The number of carbonyl (C=O) groups excluding carboxylic acids is 2. The first-order valence-corrected chi connectivity index (χ1v) is 25.1. The van der Waals surface area contributed by atoms with Gasteiger partial charge in [-0.15, -0.1) is 0 Å². The van der Waals surface area contributed by atoms with Crippen LogP contribution in [0.3, 0.4) is 0 Å². The Morgan fingerprint density at radius 3 is 1.37 bits per heavy atom. The van der Waals surface area contributed by atoms with Crippen molar-refractivity contribution >= 4 is 19.8 Å². The number of hydrogen-bond donors (Lipinski definition) is 3. The van der Waals surface area contributed by atoms with Gasteiger partial charge >= 0.3 is 19.8 Å². The van der Waals surface area contributed by atoms with Crippen LogP contribution >= 0.6 is 7.82 Å². The molecule has 3 N–H and O–H groups in total. The molecule has 0 saturated carbocycles. The number of rotatable bonds is 44. The minimum Gasteiger partial charge on any atom is -0.462 e. The fourth-order valence-corrected chi connectivity index (χ4v) is 7.13. The summed E-state index contributed by atoms with van der Waals surface area (Å²) in [5, 5.41) is 18.4. The van der Waals surface area contributed by atoms with E-state index in [1.807, 2.05) is 6.08 Å². The number of aliphatic hydroxyl groups excluding tert-OH is 2. The summed E-state index contributed by atoms with van der Waals surface area (Å²) in [6.07, 6.45) is 48.0. The first-order valence-electron chi connectivity index (χ1n) is 23.6. The van der Waals surface area contributed by atoms with Crippen LogP contribution in [0.2, 0.25) is 0 Å². The first kappa shape index (κ1) is 56.9. The molecule has 0 aromatic rings. The second kappa shape index (κ2) is 44.0. The molecule has 0 amide bonds. The molecule has 0 aliphatic carbocycles. The van der Waals surface area contributed by atoms with Crippen LogP contribution in [0.15, 0.2) is 48.6 Å². The summed E-state index contributed by atoms with van der Waals surface area (Å²) in [4.78, 5) is 35.0. The van der Waals surface area contributed by atoms with Gasteiger partial charge in [0.15, 0.2) is 6.10 Å². The number of hydrogen-bond acceptors (Lipinski definition) is 9. The molecular weight excluding hydrogens is 767 g/mol. The minimum atomic E-state index is -4.63. The quantitative estimate of drug-likeness (QED) is 0.0234. The highest BCUT2D eigenvalue weighted by atomic mass is 31.2. The molecule has 59 heavy (non-hydrogen) atoms. The standard InChI is InChI=1S/C48H87O10P/c1-3-5-7-9-11-13-15-17-19-21-22-24-26-28-30-32-34-36-38-40-48(52)58-46(44-57-59(53,54)56-42-45(50)41-49)43-55-47(51)39-37-35-33-31-29-27-25-23-20-18-16-14-12-10-8-6-4-2/h12,14,18,20,25,27,31,33,45-46,49-50H,3-11,13,15-17,19,21-24,26,28-30,32,34-44H2,1-2H3,(H,53,54)/b14-12-,20-18-,27-25-,33-31-/t45-,46+/m0/s1. The fourth-order valence-electron chi connectivity index (χ4n) is 6.34. The van der Waals surface area contributed by atoms with Gasteiger partial charge in [0.1, 0.15) is 12.7 Å². The molecule has 0 rings (SSSR count). The molecule has 0 aromatic heterocycles. The summed E-state index contributed by atoms with van der Waals surface area (Å²) < 4.78 is 32.7. The van der Waals surface area contributed by atoms with E-state index in [0.29, 0.717) is 19.3 Å². The van der Waals surface area contributed by atoms with Crippen molar-refractivity contribution < 1.29 is 47.8 Å². The molecule has 344 valence electrons. The van der Waals surface area contributed by atoms with Crippen LogP contribution in [-0.4, -0.2) is 65.7 Å². The molecule has 11 heteroatoms. The molecule has 0 fully saturated rings. The first-order chi connectivity index (χ1) is 28.7. The number of carbonyl (C=O) groups is 2. The molecule has 0 aromatic carbocycles. The maximum atomic E-state index is 12.6. The van der Waals surface area contributed by atoms with Crippen molar-refractivity contribution in [3.8, 4) is 0 Å². The van der Waals surface area contributed by atoms with Gasteiger partial charge in [-0.2, -0.15) is 0 Å². The molecule has 1 unspecified atom stereocenters. The maximum absolute atomic E-state index is 12.6. The van der Waals surface area contributed by atoms with Gasteiger partial charge in [0, 0.05) is 12.8 Å². The second-order valence-corrected chi connectivity index (χ2v) is 17.2. The van der Waals surface area contributed by atoms with Gasteiger partial charge in [-0.1, -0.05) is 191 Å². The summed E-state index contributed by atoms with van der Waals surface area (Å²) in [7, 11) is -4.63. The zero-order valence-electron chi connectivity index (χ0n) is 37.5. The predicted octanol–water partition coefficient (Wildman–Crippen LogP) is 12.9. The van der Waals surface area contributed by atoms with Gasteiger partial charge < -0.3 is 24.6 Å². The Morgan fingerprint density at radius 1 is 0.508 bits per heavy atom. The summed E-state index contributed by atoms with van der Waals surface area (Å²) in [6.45, 7) is 2.31. The second-order valence-electron chi connectivity index (χ2n) is 15.8. The van der Waals surface area contributed by atoms with E-state index in [4.69, 9.17) is 23.6 Å². The van der Waals surface area contributed by atoms with Crippen molar-refractivity contribution in [1.82, 2.24) is 0 Å². The lowest BCUT2D eigenvalue weighted by atomic mass is 10.0. The SMILES string of the molecule is CCCCC/C=C\C/C=C\C/C=C\C/C=C\CCCC(=O)OC[C@H](COP(=O)(O)OC[C@@H](O)CO)OC(=O)CCCCCCCCCCCCCCCCCCCCC. The maximum Gasteiger partial charge on any atom is 0.472 e. The van der Waals surface area contributed by atoms with Crippen LogP contribution in [-0.2, 0) is 32.7 Å². The van der Waals surface area contributed by atoms with Crippen molar-refractivity contribution in [2.45, 2.75) is 219 Å². The Hall–Kier alpha value is -2.07. The van der Waals surface area contributed by atoms with Crippen LogP contribution < -0.4 is 0 Å². The van der Waals surface area contributed by atoms with Gasteiger partial charge in [0.25, 0.3) is 0 Å². The summed E-state index contributed by atoms with van der Waals surface area (Å²) in [6, 6.07) is 0. The third-order valence-corrected chi connectivity index (χ3v) is 10.9. The molecule has 3 atom stereocenters. The molecule has 10 nitrogen and oxygen atoms in total. The molecule has 0 radical (unpaired) electrons. The van der Waals surface area contributed by atoms with Crippen LogP contribution in [0, 0.1) is 0 Å². The third kappa shape index (κ3) is 43.8. The summed E-state index contributed by atoms with van der Waals surface area (Å²) in [5.74, 6) is -0.984. The Labute approximate surface area is 360 Å². The normalized spacial score (nSPS) is 14.2. The molecule has 0 aliphatic rings. The Balaban J connectivity index is 4.30. The summed E-state index contributed by atoms with van der Waals surface area (Å²) in [5.41, 5.74) is 0. The van der Waals surface area contributed by atoms with Crippen molar-refractivity contribution in [1.29, 1.82) is 0 Å². The number of phosphoric acid groups is 1. The predicted molar refractivity (Wildman–Crippen MR) is 242 cm³/mol. The number of allylic oxidation sites excluding steroid dienone is 8. The lowest BCUT2D eigenvalue weighted by Crippen LogP contribution is -2.29. The van der Waals surface area contributed by atoms with Crippen molar-refractivity contribution in [3.63, 3.8) is 0 Å². The largest absolute Gasteiger partial charge is 0.472 e. The third-order valence-electron chi connectivity index (χ3n) is 9.99. The highest BCUT2D eigenvalue weighted by Crippen LogP contribution is 2.43. The molecule has 0 spiro atoms. The van der Waals surface area contributed by atoms with E-state index in [9.17, 15) is 24.2 Å². The van der Waals surface area contributed by atoms with Crippen molar-refractivity contribution in [2.75, 3.05) is 26.4 Å². The zero-order valence-corrected chi connectivity index (χ0v) is 38.4. The van der Waals surface area contributed by atoms with Crippen molar-refractivity contribution in [3.05, 3.63) is 48.6 Å². The van der Waals surface area contributed by atoms with Crippen LogP contribution in [0.25, 0.3) is 0 Å². The number of unbranched alkanes of at least 4 members (excludes halogenated alkanes) is 22. The monoisotopic (exact) mass is 855 g/mol. The van der Waals surface area contributed by atoms with Crippen LogP contribution in [0.1, 0.15) is 206 Å². The smallest absolute Gasteiger partial charge is 0.462 e. The van der Waals surface area contributed by atoms with Gasteiger partial charge in [-0.3, -0.25) is 18.6 Å². The number of ether oxygens (including phenoxy) is 2. The van der Waals surface area contributed by atoms with Crippen molar-refractivity contribution in [2.24, 2.45) is 0 Å². The van der Waals surface area contributed by atoms with E-state index in [1.165, 1.54) is 116 Å². The molecule has 0 bridgehead atoms. The molecule has 0 aliphatic heterocycles. The lowest BCUT2D eigenvalue weighted by Gasteiger charge is -2.20. The molecular formula is C48H87O10P. The van der Waals surface area contributed by atoms with E-state index in [-0.39, 0.29) is 19.4 Å². The Morgan fingerprint density at radius 2 is 0.898 bits per heavy atom. The Kier molecular flexibility index (Phi) is 42.5. The summed E-state index contributed by atoms with van der Waals surface area (Å²) >= 11 is 0. The highest BCUT2D eigenvalue weighted by Gasteiger charge is 2.27. The number of esters is 2. The fraction of sp³-hybridized carbons (Fsp3) is 0.792. The van der Waals surface area contributed by atoms with E-state index in [1.54, 1.807) is 0 Å². The molecule has 0 heterocycles. The topological polar surface area (TPSA) is 149 Å². The van der Waals surface area contributed by atoms with Gasteiger partial charge in [0.05, 0.1) is 19.8 Å². The van der Waals surface area contributed by atoms with Crippen LogP contribution in [0.4, 0.5) is 0 Å². The molecule has 0 saturated heterocycles. The number of aliphatic hydroxyl groups is 2. The minimum absolute atomic E-state index is 0.166. The van der Waals surface area contributed by atoms with Gasteiger partial charge in [-0.05, 0) is 51.4 Å². The van der Waals surface area contributed by atoms with Crippen LogP contribution in [0.5, 0.6) is 0 Å². The zero-order chi connectivity index (χ0) is 43.3. The van der Waals surface area contributed by atoms with E-state index >= 15 is 0 Å². The highest BCUT2D eigenvalue weighted by molar-refractivity contribution is 7.47. The van der Waals surface area contributed by atoms with E-state index in [0.717, 1.165) is 44.9 Å². The van der Waals surface area contributed by atoms with E-state index in [2.05, 4.69) is 56.4 Å². The average Bonchev–Trinajstić information content (AvgIpc) is 3.22.